The van der Waals surface area contributed by atoms with E-state index in [1.165, 1.54) is 5.56 Å². The van der Waals surface area contributed by atoms with E-state index in [1.807, 2.05) is 13.0 Å². The summed E-state index contributed by atoms with van der Waals surface area (Å²) in [5, 5.41) is 3.11. The summed E-state index contributed by atoms with van der Waals surface area (Å²) in [7, 11) is 0. The van der Waals surface area contributed by atoms with Crippen LogP contribution in [0, 0.1) is 6.92 Å². The fourth-order valence-corrected chi connectivity index (χ4v) is 1.49. The molecular formula is C13H15N3. The summed E-state index contributed by atoms with van der Waals surface area (Å²) in [4.78, 5) is 8.59. The predicted molar refractivity (Wildman–Crippen MR) is 66.4 cm³/mol. The molecule has 0 aliphatic heterocycles. The molecule has 1 aromatic carbocycles. The van der Waals surface area contributed by atoms with Crippen molar-refractivity contribution in [1.29, 1.82) is 0 Å². The summed E-state index contributed by atoms with van der Waals surface area (Å²) in [6, 6.07) is 10.3. The highest BCUT2D eigenvalue weighted by atomic mass is 15.1. The zero-order chi connectivity index (χ0) is 11.4. The number of aromatic nitrogens is 2. The Bertz CT molecular complexity index is 463. The zero-order valence-electron chi connectivity index (χ0n) is 9.57. The van der Waals surface area contributed by atoms with Crippen LogP contribution >= 0.6 is 0 Å². The molecule has 0 fully saturated rings. The normalized spacial score (nSPS) is 10.1. The number of benzene rings is 1. The lowest BCUT2D eigenvalue weighted by atomic mass is 10.1. The molecule has 3 nitrogen and oxygen atoms in total. The standard InChI is InChI=1S/C13H15N3/c1-3-14-13-15-9-8-12(16-13)11-6-4-10(2)5-7-11/h4-9H,3H2,1-2H3,(H,14,15,16). The van der Waals surface area contributed by atoms with Gasteiger partial charge in [-0.25, -0.2) is 9.97 Å². The van der Waals surface area contributed by atoms with Gasteiger partial charge < -0.3 is 5.32 Å². The molecule has 0 unspecified atom stereocenters. The summed E-state index contributed by atoms with van der Waals surface area (Å²) in [6.07, 6.45) is 1.78. The fraction of sp³-hybridized carbons (Fsp3) is 0.231. The Kier molecular flexibility index (Phi) is 3.15. The minimum atomic E-state index is 0.681. The van der Waals surface area contributed by atoms with Crippen LogP contribution in [0.4, 0.5) is 5.95 Å². The van der Waals surface area contributed by atoms with E-state index in [-0.39, 0.29) is 0 Å². The van der Waals surface area contributed by atoms with Gasteiger partial charge in [0.2, 0.25) is 5.95 Å². The average Bonchev–Trinajstić information content (AvgIpc) is 2.31. The highest BCUT2D eigenvalue weighted by Gasteiger charge is 2.00. The summed E-state index contributed by atoms with van der Waals surface area (Å²) < 4.78 is 0. The van der Waals surface area contributed by atoms with E-state index in [9.17, 15) is 0 Å². The van der Waals surface area contributed by atoms with Crippen LogP contribution in [-0.2, 0) is 0 Å². The monoisotopic (exact) mass is 213 g/mol. The second-order valence-corrected chi connectivity index (χ2v) is 3.66. The van der Waals surface area contributed by atoms with Crippen molar-refractivity contribution in [3.63, 3.8) is 0 Å². The van der Waals surface area contributed by atoms with Crippen LogP contribution in [0.2, 0.25) is 0 Å². The number of rotatable bonds is 3. The smallest absolute Gasteiger partial charge is 0.223 e. The molecule has 82 valence electrons. The van der Waals surface area contributed by atoms with Gasteiger partial charge in [-0.15, -0.1) is 0 Å². The maximum atomic E-state index is 4.44. The van der Waals surface area contributed by atoms with Crippen molar-refractivity contribution >= 4 is 5.95 Å². The third-order valence-corrected chi connectivity index (χ3v) is 2.34. The molecule has 1 aromatic heterocycles. The number of hydrogen-bond acceptors (Lipinski definition) is 3. The third-order valence-electron chi connectivity index (χ3n) is 2.34. The van der Waals surface area contributed by atoms with Crippen LogP contribution in [0.15, 0.2) is 36.5 Å². The molecule has 2 rings (SSSR count). The molecule has 0 bridgehead atoms. The number of nitrogens with one attached hydrogen (secondary N) is 1. The van der Waals surface area contributed by atoms with Crippen LogP contribution in [0.25, 0.3) is 11.3 Å². The van der Waals surface area contributed by atoms with Gasteiger partial charge in [-0.1, -0.05) is 29.8 Å². The van der Waals surface area contributed by atoms with Crippen molar-refractivity contribution in [3.8, 4) is 11.3 Å². The fourth-order valence-electron chi connectivity index (χ4n) is 1.49. The molecule has 0 aliphatic rings. The molecule has 3 heteroatoms. The van der Waals surface area contributed by atoms with Crippen molar-refractivity contribution in [1.82, 2.24) is 9.97 Å². The molecule has 2 aromatic rings. The Morgan fingerprint density at radius 3 is 2.56 bits per heavy atom. The molecule has 0 atom stereocenters. The van der Waals surface area contributed by atoms with Crippen molar-refractivity contribution in [2.45, 2.75) is 13.8 Å². The van der Waals surface area contributed by atoms with E-state index < -0.39 is 0 Å². The maximum absolute atomic E-state index is 4.44. The van der Waals surface area contributed by atoms with Gasteiger partial charge in [0.25, 0.3) is 0 Å². The van der Waals surface area contributed by atoms with E-state index in [0.717, 1.165) is 17.8 Å². The van der Waals surface area contributed by atoms with Crippen LogP contribution in [0.3, 0.4) is 0 Å². The Morgan fingerprint density at radius 1 is 1.12 bits per heavy atom. The first-order valence-corrected chi connectivity index (χ1v) is 5.43. The lowest BCUT2D eigenvalue weighted by molar-refractivity contribution is 1.09. The molecule has 1 N–H and O–H groups in total. The number of nitrogens with zero attached hydrogens (tertiary/aromatic N) is 2. The average molecular weight is 213 g/mol. The molecule has 1 heterocycles. The lowest BCUT2D eigenvalue weighted by Crippen LogP contribution is -2.02. The molecule has 0 aliphatic carbocycles. The highest BCUT2D eigenvalue weighted by molar-refractivity contribution is 5.60. The minimum absolute atomic E-state index is 0.681. The van der Waals surface area contributed by atoms with E-state index in [0.29, 0.717) is 5.95 Å². The SMILES string of the molecule is CCNc1nccc(-c2ccc(C)cc2)n1. The van der Waals surface area contributed by atoms with Crippen molar-refractivity contribution in [3.05, 3.63) is 42.1 Å². The quantitative estimate of drug-likeness (QED) is 0.851. The van der Waals surface area contributed by atoms with Crippen molar-refractivity contribution in [2.75, 3.05) is 11.9 Å². The molecular weight excluding hydrogens is 198 g/mol. The van der Waals surface area contributed by atoms with Crippen molar-refractivity contribution in [2.24, 2.45) is 0 Å². The highest BCUT2D eigenvalue weighted by Crippen LogP contribution is 2.17. The Morgan fingerprint density at radius 2 is 1.88 bits per heavy atom. The van der Waals surface area contributed by atoms with Gasteiger partial charge in [-0.05, 0) is 19.9 Å². The summed E-state index contributed by atoms with van der Waals surface area (Å²) in [5.74, 6) is 0.681. The minimum Gasteiger partial charge on any atom is -0.354 e. The van der Waals surface area contributed by atoms with E-state index >= 15 is 0 Å². The Labute approximate surface area is 95.6 Å². The third kappa shape index (κ3) is 2.37. The first-order chi connectivity index (χ1) is 7.79. The zero-order valence-corrected chi connectivity index (χ0v) is 9.57. The first-order valence-electron chi connectivity index (χ1n) is 5.43. The van der Waals surface area contributed by atoms with E-state index in [1.54, 1.807) is 6.20 Å². The van der Waals surface area contributed by atoms with Gasteiger partial charge in [0.15, 0.2) is 0 Å². The van der Waals surface area contributed by atoms with Gasteiger partial charge in [-0.3, -0.25) is 0 Å². The van der Waals surface area contributed by atoms with Gasteiger partial charge in [-0.2, -0.15) is 0 Å². The molecule has 0 amide bonds. The molecule has 16 heavy (non-hydrogen) atoms. The number of anilines is 1. The van der Waals surface area contributed by atoms with Crippen LogP contribution in [0.1, 0.15) is 12.5 Å². The second kappa shape index (κ2) is 4.75. The summed E-state index contributed by atoms with van der Waals surface area (Å²) in [6.45, 7) is 4.94. The molecule has 0 saturated carbocycles. The maximum Gasteiger partial charge on any atom is 0.223 e. The van der Waals surface area contributed by atoms with Crippen LogP contribution < -0.4 is 5.32 Å². The second-order valence-electron chi connectivity index (χ2n) is 3.66. The topological polar surface area (TPSA) is 37.8 Å². The Balaban J connectivity index is 2.32. The van der Waals surface area contributed by atoms with Gasteiger partial charge in [0.05, 0.1) is 5.69 Å². The first kappa shape index (κ1) is 10.6. The molecule has 0 spiro atoms. The van der Waals surface area contributed by atoms with Gasteiger partial charge in [0.1, 0.15) is 0 Å². The van der Waals surface area contributed by atoms with Gasteiger partial charge in [0, 0.05) is 18.3 Å². The van der Waals surface area contributed by atoms with Crippen LogP contribution in [0.5, 0.6) is 0 Å². The summed E-state index contributed by atoms with van der Waals surface area (Å²) in [5.41, 5.74) is 3.32. The van der Waals surface area contributed by atoms with E-state index in [4.69, 9.17) is 0 Å². The van der Waals surface area contributed by atoms with Crippen molar-refractivity contribution < 1.29 is 0 Å². The van der Waals surface area contributed by atoms with Crippen LogP contribution in [-0.4, -0.2) is 16.5 Å². The molecule has 0 radical (unpaired) electrons. The summed E-state index contributed by atoms with van der Waals surface area (Å²) >= 11 is 0. The Hall–Kier alpha value is -1.90. The number of hydrogen-bond donors (Lipinski definition) is 1. The van der Waals surface area contributed by atoms with E-state index in [2.05, 4.69) is 46.5 Å². The predicted octanol–water partition coefficient (Wildman–Crippen LogP) is 2.88. The molecule has 0 saturated heterocycles. The lowest BCUT2D eigenvalue weighted by Gasteiger charge is -2.04. The largest absolute Gasteiger partial charge is 0.354 e. The van der Waals surface area contributed by atoms with Gasteiger partial charge >= 0.3 is 0 Å². The number of aryl methyl sites for hydroxylation is 1.